The highest BCUT2D eigenvalue weighted by atomic mass is 16.8. The lowest BCUT2D eigenvalue weighted by Crippen LogP contribution is -2.64. The number of fused-ring (bicyclic) bond motifs is 6. The molecule has 0 radical (unpaired) electrons. The zero-order chi connectivity index (χ0) is 36.1. The Hall–Kier alpha value is -0.740. The van der Waals surface area contributed by atoms with Crippen LogP contribution >= 0.6 is 0 Å². The normalized spacial score (nSPS) is 57.9. The Morgan fingerprint density at radius 3 is 2.33 bits per heavy atom. The molecule has 0 aromatic rings. The fraction of sp³-hybridized carbons (Fsp3) is 0.949. The van der Waals surface area contributed by atoms with Gasteiger partial charge in [-0.15, -0.1) is 0 Å². The predicted molar refractivity (Wildman–Crippen MR) is 181 cm³/mol. The van der Waals surface area contributed by atoms with Crippen LogP contribution in [0.1, 0.15) is 86.0 Å². The Kier molecular flexibility index (Phi) is 10.0. The Bertz CT molecular complexity index is 1290. The minimum absolute atomic E-state index is 0.129. The number of aliphatic hydroxyl groups excluding tert-OH is 6. The molecule has 6 N–H and O–H groups in total. The molecule has 4 aliphatic carbocycles. The van der Waals surface area contributed by atoms with Crippen LogP contribution in [0.3, 0.4) is 0 Å². The van der Waals surface area contributed by atoms with Crippen LogP contribution in [0.15, 0.2) is 11.6 Å². The molecule has 9 fully saturated rings. The molecular weight excluding hydrogens is 660 g/mol. The number of allylic oxidation sites excluding steroid dienone is 1. The summed E-state index contributed by atoms with van der Waals surface area (Å²) in [4.78, 5) is 0. The van der Waals surface area contributed by atoms with Gasteiger partial charge >= 0.3 is 0 Å². The second kappa shape index (κ2) is 13.8. The van der Waals surface area contributed by atoms with E-state index in [0.29, 0.717) is 41.4 Å². The number of rotatable bonds is 6. The van der Waals surface area contributed by atoms with E-state index in [1.807, 2.05) is 0 Å². The summed E-state index contributed by atoms with van der Waals surface area (Å²) in [5, 5.41) is 63.0. The highest BCUT2D eigenvalue weighted by molar-refractivity contribution is 5.18. The summed E-state index contributed by atoms with van der Waals surface area (Å²) in [5.41, 5.74) is 1.69. The first-order valence-electron chi connectivity index (χ1n) is 19.8. The molecule has 0 aromatic heterocycles. The third-order valence-corrected chi connectivity index (χ3v) is 15.5. The van der Waals surface area contributed by atoms with E-state index in [9.17, 15) is 30.6 Å². The minimum Gasteiger partial charge on any atom is -0.394 e. The van der Waals surface area contributed by atoms with Crippen LogP contribution in [0.4, 0.5) is 0 Å². The maximum atomic E-state index is 11.1. The maximum Gasteiger partial charge on any atom is 0.187 e. The predicted octanol–water partition coefficient (Wildman–Crippen LogP) is 2.25. The summed E-state index contributed by atoms with van der Waals surface area (Å²) in [6.45, 7) is 11.2. The number of hydrogen-bond donors (Lipinski definition) is 6. The Morgan fingerprint density at radius 2 is 1.59 bits per heavy atom. The van der Waals surface area contributed by atoms with E-state index in [-0.39, 0.29) is 29.3 Å². The SMILES string of the molecule is CC(C)=C[C@H]1[C@H]2OC[C@]34CCC5C(CCC6C[C@@H](O[C@@H]7O[C@H](CO)[C@@H](O)[C@H](O)C7OC7O[C@@H](C)[C@H](O)[C@@H](O)[C@H]7O)CC[C@@]65C)C3CC(O2)C4[C@@H]1C. The van der Waals surface area contributed by atoms with Crippen molar-refractivity contribution in [2.75, 3.05) is 13.2 Å². The molecule has 4 saturated carbocycles. The highest BCUT2D eigenvalue weighted by Crippen LogP contribution is 2.71. The molecular formula is C39H62O12. The number of ether oxygens (including phenoxy) is 6. The van der Waals surface area contributed by atoms with Gasteiger partial charge in [-0.3, -0.25) is 0 Å². The van der Waals surface area contributed by atoms with Crippen molar-refractivity contribution in [3.8, 4) is 0 Å². The molecule has 0 amide bonds. The summed E-state index contributed by atoms with van der Waals surface area (Å²) in [6, 6.07) is 0. The van der Waals surface area contributed by atoms with Gasteiger partial charge in [-0.05, 0) is 113 Å². The largest absolute Gasteiger partial charge is 0.394 e. The molecule has 5 heterocycles. The minimum atomic E-state index is -1.60. The Morgan fingerprint density at radius 1 is 0.804 bits per heavy atom. The van der Waals surface area contributed by atoms with Gasteiger partial charge in [-0.1, -0.05) is 25.5 Å². The van der Waals surface area contributed by atoms with Gasteiger partial charge in [-0.25, -0.2) is 0 Å². The molecule has 290 valence electrons. The third-order valence-electron chi connectivity index (χ3n) is 15.5. The topological polar surface area (TPSA) is 177 Å². The molecule has 9 aliphatic rings. The summed E-state index contributed by atoms with van der Waals surface area (Å²) < 4.78 is 37.7. The lowest BCUT2D eigenvalue weighted by atomic mass is 9.44. The van der Waals surface area contributed by atoms with E-state index in [1.54, 1.807) is 6.92 Å². The van der Waals surface area contributed by atoms with E-state index in [4.69, 9.17) is 28.4 Å². The first-order valence-corrected chi connectivity index (χ1v) is 19.8. The Labute approximate surface area is 301 Å². The molecule has 0 aromatic carbocycles. The van der Waals surface area contributed by atoms with Crippen LogP contribution in [-0.4, -0.2) is 124 Å². The summed E-state index contributed by atoms with van der Waals surface area (Å²) in [5.74, 6) is 3.74. The molecule has 51 heavy (non-hydrogen) atoms. The van der Waals surface area contributed by atoms with Gasteiger partial charge < -0.3 is 59.1 Å². The van der Waals surface area contributed by atoms with E-state index in [0.717, 1.165) is 38.7 Å². The molecule has 9 rings (SSSR count). The van der Waals surface area contributed by atoms with Crippen molar-refractivity contribution in [1.29, 1.82) is 0 Å². The van der Waals surface area contributed by atoms with Gasteiger partial charge in [0.15, 0.2) is 18.9 Å². The molecule has 12 heteroatoms. The van der Waals surface area contributed by atoms with Crippen molar-refractivity contribution < 1.29 is 59.1 Å². The fourth-order valence-electron chi connectivity index (χ4n) is 13.0. The lowest BCUT2D eigenvalue weighted by molar-refractivity contribution is -0.371. The van der Waals surface area contributed by atoms with Crippen LogP contribution in [0, 0.1) is 52.3 Å². The van der Waals surface area contributed by atoms with Crippen LogP contribution in [0.2, 0.25) is 0 Å². The average molecular weight is 723 g/mol. The number of aliphatic hydroxyl groups is 6. The van der Waals surface area contributed by atoms with Gasteiger partial charge in [0.25, 0.3) is 0 Å². The number of hydrogen-bond acceptors (Lipinski definition) is 12. The smallest absolute Gasteiger partial charge is 0.187 e. The van der Waals surface area contributed by atoms with Gasteiger partial charge in [0.1, 0.15) is 42.7 Å². The zero-order valence-corrected chi connectivity index (χ0v) is 30.8. The highest BCUT2D eigenvalue weighted by Gasteiger charge is 2.69. The van der Waals surface area contributed by atoms with Gasteiger partial charge in [0.2, 0.25) is 0 Å². The maximum absolute atomic E-state index is 11.1. The molecule has 12 nitrogen and oxygen atoms in total. The fourth-order valence-corrected chi connectivity index (χ4v) is 13.0. The van der Waals surface area contributed by atoms with Crippen molar-refractivity contribution in [3.05, 3.63) is 11.6 Å². The molecule has 22 atom stereocenters. The zero-order valence-electron chi connectivity index (χ0n) is 30.8. The standard InChI is InChI=1S/C39H62O12/c1-17(2)12-23-18(3)28-26-14-25-22-7-6-20-13-21(8-10-38(20,5)24(22)9-11-39(25,28)16-46-35(23)49-26)48-37-34(32(44)30(42)27(15-40)50-37)51-36-33(45)31(43)29(41)19(4)47-36/h12,18-37,40-45H,6-11,13-16H2,1-5H3/t18-,19+,20?,21+,22?,23-,24?,25?,26?,27-,28?,29+,30-,31-,32+,33-,34?,35+,36?,37-,38+,39-/m1/s1. The first-order chi connectivity index (χ1) is 24.3. The quantitative estimate of drug-likeness (QED) is 0.175. The Balaban J connectivity index is 0.963. The van der Waals surface area contributed by atoms with Crippen molar-refractivity contribution >= 4 is 0 Å². The van der Waals surface area contributed by atoms with Gasteiger partial charge in [0.05, 0.1) is 31.5 Å². The van der Waals surface area contributed by atoms with E-state index in [1.165, 1.54) is 24.8 Å². The summed E-state index contributed by atoms with van der Waals surface area (Å²) in [6.07, 6.45) is -2.39. The monoisotopic (exact) mass is 722 g/mol. The average Bonchev–Trinajstić information content (AvgIpc) is 3.29. The molecule has 4 bridgehead atoms. The second-order valence-corrected chi connectivity index (χ2v) is 18.2. The van der Waals surface area contributed by atoms with Crippen molar-refractivity contribution in [2.45, 2.75) is 166 Å². The third kappa shape index (κ3) is 5.93. The van der Waals surface area contributed by atoms with E-state index < -0.39 is 68.0 Å². The second-order valence-electron chi connectivity index (χ2n) is 18.2. The van der Waals surface area contributed by atoms with Crippen molar-refractivity contribution in [2.24, 2.45) is 52.3 Å². The van der Waals surface area contributed by atoms with Crippen LogP contribution in [0.25, 0.3) is 0 Å². The first kappa shape index (κ1) is 37.2. The molecule has 1 spiro atoms. The van der Waals surface area contributed by atoms with E-state index >= 15 is 0 Å². The van der Waals surface area contributed by atoms with Gasteiger partial charge in [0, 0.05) is 11.3 Å². The van der Waals surface area contributed by atoms with Gasteiger partial charge in [-0.2, -0.15) is 0 Å². The molecule has 5 aliphatic heterocycles. The van der Waals surface area contributed by atoms with Crippen LogP contribution in [-0.2, 0) is 28.4 Å². The lowest BCUT2D eigenvalue weighted by Gasteiger charge is -2.61. The molecule has 5 saturated heterocycles. The van der Waals surface area contributed by atoms with Crippen molar-refractivity contribution in [3.63, 3.8) is 0 Å². The molecule has 8 unspecified atom stereocenters. The van der Waals surface area contributed by atoms with Crippen molar-refractivity contribution in [1.82, 2.24) is 0 Å². The van der Waals surface area contributed by atoms with E-state index in [2.05, 4.69) is 33.8 Å². The summed E-state index contributed by atoms with van der Waals surface area (Å²) >= 11 is 0. The van der Waals surface area contributed by atoms with Crippen LogP contribution in [0.5, 0.6) is 0 Å². The van der Waals surface area contributed by atoms with Crippen LogP contribution < -0.4 is 0 Å². The summed E-state index contributed by atoms with van der Waals surface area (Å²) in [7, 11) is 0.